The lowest BCUT2D eigenvalue weighted by molar-refractivity contribution is -0.121. The molecule has 0 spiro atoms. The lowest BCUT2D eigenvalue weighted by atomic mass is 10.1. The summed E-state index contributed by atoms with van der Waals surface area (Å²) in [5, 5.41) is 2.83. The highest BCUT2D eigenvalue weighted by molar-refractivity contribution is 5.76. The van der Waals surface area contributed by atoms with Crippen LogP contribution >= 0.6 is 0 Å². The Bertz CT molecular complexity index is 914. The Morgan fingerprint density at radius 3 is 2.67 bits per heavy atom. The monoisotopic (exact) mass is 327 g/mol. The third-order valence-electron chi connectivity index (χ3n) is 3.90. The van der Waals surface area contributed by atoms with E-state index in [0.717, 1.165) is 16.6 Å². The normalized spacial score (nSPS) is 10.9. The van der Waals surface area contributed by atoms with Crippen molar-refractivity contribution in [3.8, 4) is 0 Å². The van der Waals surface area contributed by atoms with Crippen LogP contribution in [0.5, 0.6) is 0 Å². The van der Waals surface area contributed by atoms with E-state index in [0.29, 0.717) is 24.9 Å². The minimum absolute atomic E-state index is 0.102. The quantitative estimate of drug-likeness (QED) is 0.649. The average molecular weight is 327 g/mol. The second-order valence-electron chi connectivity index (χ2n) is 5.65. The van der Waals surface area contributed by atoms with Gasteiger partial charge in [0.05, 0.1) is 11.0 Å². The average Bonchev–Trinajstić information content (AvgIpc) is 2.93. The molecule has 124 valence electrons. The van der Waals surface area contributed by atoms with Gasteiger partial charge in [-0.05, 0) is 42.2 Å². The molecule has 0 aliphatic rings. The number of carbonyl (C=O) groups excluding carboxylic acids is 1. The van der Waals surface area contributed by atoms with Gasteiger partial charge in [-0.1, -0.05) is 24.3 Å². The molecule has 0 fully saturated rings. The van der Waals surface area contributed by atoms with Gasteiger partial charge < -0.3 is 15.3 Å². The number of hydrogen-bond acceptors (Lipinski definition) is 2. The molecule has 0 bridgehead atoms. The van der Waals surface area contributed by atoms with Crippen molar-refractivity contribution in [3.63, 3.8) is 0 Å². The van der Waals surface area contributed by atoms with Crippen LogP contribution in [-0.2, 0) is 17.6 Å². The summed E-state index contributed by atoms with van der Waals surface area (Å²) in [6, 6.07) is 12.1. The van der Waals surface area contributed by atoms with Crippen LogP contribution in [0.25, 0.3) is 11.0 Å². The number of aromatic nitrogens is 2. The van der Waals surface area contributed by atoms with Crippen molar-refractivity contribution in [2.75, 3.05) is 6.54 Å². The van der Waals surface area contributed by atoms with Crippen molar-refractivity contribution in [2.24, 2.45) is 0 Å². The Morgan fingerprint density at radius 1 is 1.04 bits per heavy atom. The summed E-state index contributed by atoms with van der Waals surface area (Å²) in [5.74, 6) is -0.381. The van der Waals surface area contributed by atoms with Gasteiger partial charge in [0.15, 0.2) is 0 Å². The summed E-state index contributed by atoms with van der Waals surface area (Å²) < 4.78 is 13.5. The van der Waals surface area contributed by atoms with Crippen LogP contribution in [0.4, 0.5) is 4.39 Å². The molecule has 0 aliphatic carbocycles. The summed E-state index contributed by atoms with van der Waals surface area (Å²) in [6.45, 7) is 0.496. The molecule has 6 heteroatoms. The second kappa shape index (κ2) is 7.12. The SMILES string of the molecule is O=C(CCc1ccccc1F)NCCc1ccc2[nH]c(=O)[nH]c2c1. The first-order chi connectivity index (χ1) is 11.6. The van der Waals surface area contributed by atoms with Crippen molar-refractivity contribution in [1.82, 2.24) is 15.3 Å². The number of halogens is 1. The highest BCUT2D eigenvalue weighted by Crippen LogP contribution is 2.11. The Kier molecular flexibility index (Phi) is 4.74. The highest BCUT2D eigenvalue weighted by atomic mass is 19.1. The lowest BCUT2D eigenvalue weighted by Gasteiger charge is -2.06. The van der Waals surface area contributed by atoms with Crippen LogP contribution in [0.15, 0.2) is 47.3 Å². The van der Waals surface area contributed by atoms with E-state index in [1.807, 2.05) is 18.2 Å². The number of fused-ring (bicyclic) bond motifs is 1. The third-order valence-corrected chi connectivity index (χ3v) is 3.90. The number of aryl methyl sites for hydroxylation is 1. The Morgan fingerprint density at radius 2 is 1.83 bits per heavy atom. The minimum atomic E-state index is -0.279. The maximum atomic E-state index is 13.5. The summed E-state index contributed by atoms with van der Waals surface area (Å²) in [6.07, 6.45) is 1.30. The smallest absolute Gasteiger partial charge is 0.323 e. The summed E-state index contributed by atoms with van der Waals surface area (Å²) >= 11 is 0. The number of amides is 1. The number of rotatable bonds is 6. The molecule has 0 saturated heterocycles. The molecule has 0 radical (unpaired) electrons. The summed E-state index contributed by atoms with van der Waals surface area (Å²) in [7, 11) is 0. The molecule has 3 N–H and O–H groups in total. The van der Waals surface area contributed by atoms with Crippen LogP contribution in [0.1, 0.15) is 17.5 Å². The first kappa shape index (κ1) is 16.0. The lowest BCUT2D eigenvalue weighted by Crippen LogP contribution is -2.25. The van der Waals surface area contributed by atoms with Crippen LogP contribution in [0.2, 0.25) is 0 Å². The van der Waals surface area contributed by atoms with E-state index in [1.54, 1.807) is 18.2 Å². The number of carbonyl (C=O) groups is 1. The van der Waals surface area contributed by atoms with Gasteiger partial charge in [0.2, 0.25) is 5.91 Å². The van der Waals surface area contributed by atoms with Gasteiger partial charge in [-0.3, -0.25) is 4.79 Å². The zero-order chi connectivity index (χ0) is 16.9. The fourth-order valence-corrected chi connectivity index (χ4v) is 2.62. The summed E-state index contributed by atoms with van der Waals surface area (Å²) in [4.78, 5) is 28.5. The highest BCUT2D eigenvalue weighted by Gasteiger charge is 2.06. The molecule has 1 aromatic heterocycles. The molecular formula is C18H18FN3O2. The van der Waals surface area contributed by atoms with E-state index < -0.39 is 0 Å². The van der Waals surface area contributed by atoms with Crippen molar-refractivity contribution >= 4 is 16.9 Å². The van der Waals surface area contributed by atoms with Gasteiger partial charge >= 0.3 is 5.69 Å². The van der Waals surface area contributed by atoms with Crippen LogP contribution < -0.4 is 11.0 Å². The molecule has 3 aromatic rings. The van der Waals surface area contributed by atoms with Crippen LogP contribution in [0, 0.1) is 5.82 Å². The van der Waals surface area contributed by atoms with E-state index in [4.69, 9.17) is 0 Å². The molecule has 5 nitrogen and oxygen atoms in total. The van der Waals surface area contributed by atoms with Gasteiger partial charge in [0.1, 0.15) is 5.82 Å². The van der Waals surface area contributed by atoms with E-state index in [9.17, 15) is 14.0 Å². The molecular weight excluding hydrogens is 309 g/mol. The molecule has 2 aromatic carbocycles. The second-order valence-corrected chi connectivity index (χ2v) is 5.65. The fourth-order valence-electron chi connectivity index (χ4n) is 2.62. The predicted octanol–water partition coefficient (Wildman–Crippen LogP) is 2.29. The van der Waals surface area contributed by atoms with E-state index >= 15 is 0 Å². The molecule has 3 rings (SSSR count). The fraction of sp³-hybridized carbons (Fsp3) is 0.222. The van der Waals surface area contributed by atoms with Crippen LogP contribution in [-0.4, -0.2) is 22.4 Å². The maximum absolute atomic E-state index is 13.5. The number of benzene rings is 2. The zero-order valence-electron chi connectivity index (χ0n) is 13.1. The van der Waals surface area contributed by atoms with Crippen molar-refractivity contribution < 1.29 is 9.18 Å². The maximum Gasteiger partial charge on any atom is 0.323 e. The van der Waals surface area contributed by atoms with Crippen LogP contribution in [0.3, 0.4) is 0 Å². The molecule has 0 unspecified atom stereocenters. The van der Waals surface area contributed by atoms with Crippen molar-refractivity contribution in [1.29, 1.82) is 0 Å². The topological polar surface area (TPSA) is 77.8 Å². The Balaban J connectivity index is 1.47. The van der Waals surface area contributed by atoms with Gasteiger partial charge in [-0.25, -0.2) is 9.18 Å². The number of nitrogens with one attached hydrogen (secondary N) is 3. The Labute approximate surface area is 137 Å². The molecule has 0 saturated carbocycles. The zero-order valence-corrected chi connectivity index (χ0v) is 13.1. The number of H-pyrrole nitrogens is 2. The number of hydrogen-bond donors (Lipinski definition) is 3. The van der Waals surface area contributed by atoms with Gasteiger partial charge in [-0.2, -0.15) is 0 Å². The first-order valence-electron chi connectivity index (χ1n) is 7.83. The number of imidazole rings is 1. The van der Waals surface area contributed by atoms with E-state index in [1.165, 1.54) is 6.07 Å². The molecule has 0 aliphatic heterocycles. The van der Waals surface area contributed by atoms with E-state index in [2.05, 4.69) is 15.3 Å². The van der Waals surface area contributed by atoms with Gasteiger partial charge in [0, 0.05) is 13.0 Å². The predicted molar refractivity (Wildman–Crippen MR) is 90.4 cm³/mol. The standard InChI is InChI=1S/C18H18FN3O2/c19-14-4-2-1-3-13(14)6-8-17(23)20-10-9-12-5-7-15-16(11-12)22-18(24)21-15/h1-5,7,11H,6,8-10H2,(H,20,23)(H2,21,22,24). The Hall–Kier alpha value is -2.89. The first-order valence-corrected chi connectivity index (χ1v) is 7.83. The molecule has 0 atom stereocenters. The third kappa shape index (κ3) is 3.90. The van der Waals surface area contributed by atoms with Gasteiger partial charge in [-0.15, -0.1) is 0 Å². The van der Waals surface area contributed by atoms with Crippen molar-refractivity contribution in [3.05, 3.63) is 69.9 Å². The largest absolute Gasteiger partial charge is 0.356 e. The molecule has 1 heterocycles. The molecule has 24 heavy (non-hydrogen) atoms. The van der Waals surface area contributed by atoms with Crippen molar-refractivity contribution in [2.45, 2.75) is 19.3 Å². The molecule has 1 amide bonds. The summed E-state index contributed by atoms with van der Waals surface area (Å²) in [5.41, 5.74) is 2.85. The van der Waals surface area contributed by atoms with E-state index in [-0.39, 0.29) is 23.8 Å². The van der Waals surface area contributed by atoms with Gasteiger partial charge in [0.25, 0.3) is 0 Å². The minimum Gasteiger partial charge on any atom is -0.356 e. The number of aromatic amines is 2.